The SMILES string of the molecule is CCc1ccc(NC(=O)CSc2ccc(NC(C)=O)nn2)cc1. The Morgan fingerprint density at radius 3 is 2.35 bits per heavy atom. The van der Waals surface area contributed by atoms with Crippen LogP contribution in [-0.2, 0) is 16.0 Å². The van der Waals surface area contributed by atoms with E-state index in [1.807, 2.05) is 24.3 Å². The van der Waals surface area contributed by atoms with Gasteiger partial charge in [0.1, 0.15) is 5.03 Å². The lowest BCUT2D eigenvalue weighted by atomic mass is 10.1. The number of nitrogens with one attached hydrogen (secondary N) is 2. The topological polar surface area (TPSA) is 84.0 Å². The Morgan fingerprint density at radius 1 is 1.04 bits per heavy atom. The van der Waals surface area contributed by atoms with Crippen molar-refractivity contribution < 1.29 is 9.59 Å². The minimum atomic E-state index is -0.201. The molecule has 2 N–H and O–H groups in total. The molecule has 1 aromatic heterocycles. The number of hydrogen-bond acceptors (Lipinski definition) is 5. The summed E-state index contributed by atoms with van der Waals surface area (Å²) in [4.78, 5) is 22.8. The van der Waals surface area contributed by atoms with Crippen molar-refractivity contribution in [1.29, 1.82) is 0 Å². The normalized spacial score (nSPS) is 10.2. The van der Waals surface area contributed by atoms with E-state index in [0.29, 0.717) is 10.8 Å². The fourth-order valence-corrected chi connectivity index (χ4v) is 2.42. The minimum absolute atomic E-state index is 0.105. The third-order valence-corrected chi connectivity index (χ3v) is 3.86. The standard InChI is InChI=1S/C16H18N4O2S/c1-3-12-4-6-13(7-5-12)18-15(22)10-23-16-9-8-14(19-20-16)17-11(2)21/h4-9H,3,10H2,1-2H3,(H,18,22)(H,17,19,21). The monoisotopic (exact) mass is 330 g/mol. The molecular weight excluding hydrogens is 312 g/mol. The number of carbonyl (C=O) groups excluding carboxylic acids is 2. The van der Waals surface area contributed by atoms with Crippen LogP contribution < -0.4 is 10.6 Å². The molecular formula is C16H18N4O2S. The number of amides is 2. The van der Waals surface area contributed by atoms with Gasteiger partial charge in [0.25, 0.3) is 0 Å². The van der Waals surface area contributed by atoms with Gasteiger partial charge in [-0.15, -0.1) is 10.2 Å². The highest BCUT2D eigenvalue weighted by atomic mass is 32.2. The van der Waals surface area contributed by atoms with Crippen LogP contribution >= 0.6 is 11.8 Å². The molecule has 120 valence electrons. The highest BCUT2D eigenvalue weighted by Crippen LogP contribution is 2.16. The van der Waals surface area contributed by atoms with E-state index in [-0.39, 0.29) is 17.6 Å². The van der Waals surface area contributed by atoms with Crippen LogP contribution in [-0.4, -0.2) is 27.8 Å². The molecule has 2 aromatic rings. The lowest BCUT2D eigenvalue weighted by Crippen LogP contribution is -2.14. The highest BCUT2D eigenvalue weighted by Gasteiger charge is 2.06. The van der Waals surface area contributed by atoms with Crippen molar-refractivity contribution in [2.75, 3.05) is 16.4 Å². The van der Waals surface area contributed by atoms with Crippen LogP contribution in [0.5, 0.6) is 0 Å². The van der Waals surface area contributed by atoms with Crippen LogP contribution in [0.3, 0.4) is 0 Å². The van der Waals surface area contributed by atoms with E-state index in [2.05, 4.69) is 27.8 Å². The number of carbonyl (C=O) groups is 2. The molecule has 6 nitrogen and oxygen atoms in total. The van der Waals surface area contributed by atoms with Crippen LogP contribution in [0.15, 0.2) is 41.4 Å². The third kappa shape index (κ3) is 5.71. The van der Waals surface area contributed by atoms with E-state index in [1.165, 1.54) is 24.2 Å². The van der Waals surface area contributed by atoms with Gasteiger partial charge in [0, 0.05) is 12.6 Å². The molecule has 2 amide bonds. The zero-order valence-electron chi connectivity index (χ0n) is 13.0. The average molecular weight is 330 g/mol. The number of rotatable bonds is 6. The summed E-state index contributed by atoms with van der Waals surface area (Å²) in [6.45, 7) is 3.49. The van der Waals surface area contributed by atoms with E-state index in [0.717, 1.165) is 12.1 Å². The number of thioether (sulfide) groups is 1. The second kappa shape index (κ2) is 8.28. The summed E-state index contributed by atoms with van der Waals surface area (Å²) >= 11 is 1.28. The lowest BCUT2D eigenvalue weighted by Gasteiger charge is -2.06. The van der Waals surface area contributed by atoms with Crippen molar-refractivity contribution in [3.05, 3.63) is 42.0 Å². The van der Waals surface area contributed by atoms with Crippen molar-refractivity contribution in [3.63, 3.8) is 0 Å². The minimum Gasteiger partial charge on any atom is -0.325 e. The fourth-order valence-electron chi connectivity index (χ4n) is 1.80. The number of benzene rings is 1. The van der Waals surface area contributed by atoms with Gasteiger partial charge in [-0.1, -0.05) is 30.8 Å². The number of aryl methyl sites for hydroxylation is 1. The first-order chi connectivity index (χ1) is 11.1. The smallest absolute Gasteiger partial charge is 0.234 e. The maximum atomic E-state index is 11.9. The molecule has 0 aliphatic heterocycles. The molecule has 7 heteroatoms. The summed E-state index contributed by atoms with van der Waals surface area (Å²) in [6, 6.07) is 11.1. The van der Waals surface area contributed by atoms with Crippen LogP contribution in [0.2, 0.25) is 0 Å². The van der Waals surface area contributed by atoms with Gasteiger partial charge in [0.15, 0.2) is 5.82 Å². The number of aromatic nitrogens is 2. The summed E-state index contributed by atoms with van der Waals surface area (Å²) in [6.07, 6.45) is 0.969. The van der Waals surface area contributed by atoms with Gasteiger partial charge >= 0.3 is 0 Å². The Kier molecular flexibility index (Phi) is 6.10. The third-order valence-electron chi connectivity index (χ3n) is 2.94. The molecule has 0 aliphatic rings. The van der Waals surface area contributed by atoms with E-state index in [9.17, 15) is 9.59 Å². The molecule has 0 saturated heterocycles. The summed E-state index contributed by atoms with van der Waals surface area (Å²) < 4.78 is 0. The number of nitrogens with zero attached hydrogens (tertiary/aromatic N) is 2. The maximum Gasteiger partial charge on any atom is 0.234 e. The Bertz CT molecular complexity index is 671. The predicted octanol–water partition coefficient (Wildman–Crippen LogP) is 2.73. The maximum absolute atomic E-state index is 11.9. The highest BCUT2D eigenvalue weighted by molar-refractivity contribution is 7.99. The fraction of sp³-hybridized carbons (Fsp3) is 0.250. The molecule has 2 rings (SSSR count). The molecule has 0 spiro atoms. The van der Waals surface area contributed by atoms with Gasteiger partial charge < -0.3 is 10.6 Å². The van der Waals surface area contributed by atoms with Crippen LogP contribution in [0, 0.1) is 0 Å². The van der Waals surface area contributed by atoms with E-state index in [4.69, 9.17) is 0 Å². The van der Waals surface area contributed by atoms with Gasteiger partial charge in [-0.3, -0.25) is 9.59 Å². The molecule has 0 saturated carbocycles. The quantitative estimate of drug-likeness (QED) is 0.796. The molecule has 0 fully saturated rings. The average Bonchev–Trinajstić information content (AvgIpc) is 2.54. The van der Waals surface area contributed by atoms with Gasteiger partial charge in [0.05, 0.1) is 5.75 Å². The van der Waals surface area contributed by atoms with E-state index in [1.54, 1.807) is 12.1 Å². The first kappa shape index (κ1) is 17.0. The van der Waals surface area contributed by atoms with Crippen LogP contribution in [0.4, 0.5) is 11.5 Å². The van der Waals surface area contributed by atoms with Gasteiger partial charge in [-0.2, -0.15) is 0 Å². The van der Waals surface area contributed by atoms with Crippen molar-refractivity contribution in [2.45, 2.75) is 25.3 Å². The second-order valence-electron chi connectivity index (χ2n) is 4.83. The van der Waals surface area contributed by atoms with Crippen LogP contribution in [0.1, 0.15) is 19.4 Å². The first-order valence-corrected chi connectivity index (χ1v) is 8.18. The van der Waals surface area contributed by atoms with Gasteiger partial charge in [0.2, 0.25) is 11.8 Å². The van der Waals surface area contributed by atoms with Crippen molar-refractivity contribution in [3.8, 4) is 0 Å². The zero-order valence-corrected chi connectivity index (χ0v) is 13.8. The summed E-state index contributed by atoms with van der Waals surface area (Å²) in [5, 5.41) is 13.8. The van der Waals surface area contributed by atoms with Crippen molar-refractivity contribution in [1.82, 2.24) is 10.2 Å². The van der Waals surface area contributed by atoms with Crippen molar-refractivity contribution >= 4 is 35.1 Å². The van der Waals surface area contributed by atoms with E-state index >= 15 is 0 Å². The van der Waals surface area contributed by atoms with Gasteiger partial charge in [-0.25, -0.2) is 0 Å². The Balaban J connectivity index is 1.82. The van der Waals surface area contributed by atoms with Crippen molar-refractivity contribution in [2.24, 2.45) is 0 Å². The number of hydrogen-bond donors (Lipinski definition) is 2. The Labute approximate surface area is 139 Å². The summed E-state index contributed by atoms with van der Waals surface area (Å²) in [7, 11) is 0. The molecule has 23 heavy (non-hydrogen) atoms. The second-order valence-corrected chi connectivity index (χ2v) is 5.82. The summed E-state index contributed by atoms with van der Waals surface area (Å²) in [5.74, 6) is 0.325. The van der Waals surface area contributed by atoms with Gasteiger partial charge in [-0.05, 0) is 36.2 Å². The Morgan fingerprint density at radius 2 is 1.78 bits per heavy atom. The largest absolute Gasteiger partial charge is 0.325 e. The first-order valence-electron chi connectivity index (χ1n) is 7.19. The molecule has 1 heterocycles. The van der Waals surface area contributed by atoms with E-state index < -0.39 is 0 Å². The molecule has 0 unspecified atom stereocenters. The molecule has 1 aromatic carbocycles. The molecule has 0 atom stereocenters. The lowest BCUT2D eigenvalue weighted by molar-refractivity contribution is -0.114. The Hall–Kier alpha value is -2.41. The summed E-state index contributed by atoms with van der Waals surface area (Å²) in [5.41, 5.74) is 2.01. The molecule has 0 aliphatic carbocycles. The van der Waals surface area contributed by atoms with Crippen LogP contribution in [0.25, 0.3) is 0 Å². The predicted molar refractivity (Wildman–Crippen MR) is 91.5 cm³/mol. The number of anilines is 2. The molecule has 0 radical (unpaired) electrons. The molecule has 0 bridgehead atoms. The zero-order chi connectivity index (χ0) is 16.7.